The van der Waals surface area contributed by atoms with Gasteiger partial charge >= 0.3 is 0 Å². The molecule has 3 unspecified atom stereocenters. The molecule has 0 aromatic heterocycles. The molecular weight excluding hydrogens is 252 g/mol. The highest BCUT2D eigenvalue weighted by atomic mass is 16.5. The van der Waals surface area contributed by atoms with Crippen molar-refractivity contribution in [3.05, 3.63) is 29.8 Å². The van der Waals surface area contributed by atoms with Gasteiger partial charge in [0.15, 0.2) is 0 Å². The summed E-state index contributed by atoms with van der Waals surface area (Å²) in [5, 5.41) is 11.1. The zero-order chi connectivity index (χ0) is 14.6. The van der Waals surface area contributed by atoms with Gasteiger partial charge in [-0.1, -0.05) is 32.0 Å². The summed E-state index contributed by atoms with van der Waals surface area (Å²) in [5.41, 5.74) is 0.171. The summed E-state index contributed by atoms with van der Waals surface area (Å²) in [6.45, 7) is 5.56. The van der Waals surface area contributed by atoms with Gasteiger partial charge in [0.1, 0.15) is 12.4 Å². The Morgan fingerprint density at radius 2 is 1.95 bits per heavy atom. The Morgan fingerprint density at radius 1 is 1.20 bits per heavy atom. The molecule has 3 heteroatoms. The van der Waals surface area contributed by atoms with E-state index in [1.54, 1.807) is 7.11 Å². The summed E-state index contributed by atoms with van der Waals surface area (Å²) in [4.78, 5) is 0. The molecule has 0 radical (unpaired) electrons. The lowest BCUT2D eigenvalue weighted by atomic mass is 9.70. The van der Waals surface area contributed by atoms with Crippen LogP contribution in [0.25, 0.3) is 0 Å². The van der Waals surface area contributed by atoms with Crippen molar-refractivity contribution in [1.29, 1.82) is 0 Å². The molecule has 1 aromatic rings. The predicted molar refractivity (Wildman–Crippen MR) is 79.9 cm³/mol. The van der Waals surface area contributed by atoms with Gasteiger partial charge in [-0.25, -0.2) is 0 Å². The van der Waals surface area contributed by atoms with Gasteiger partial charge in [0.05, 0.1) is 12.2 Å². The lowest BCUT2D eigenvalue weighted by Crippen LogP contribution is -2.35. The van der Waals surface area contributed by atoms with Gasteiger partial charge < -0.3 is 14.6 Å². The quantitative estimate of drug-likeness (QED) is 0.839. The molecule has 1 fully saturated rings. The van der Waals surface area contributed by atoms with Crippen LogP contribution in [0.2, 0.25) is 0 Å². The standard InChI is InChI=1S/C17H26O3/c1-13-8-9-17(18,12-14(13)2)15-6-4-5-7-16(15)20-11-10-19-3/h4-7,13-14,18H,8-12H2,1-3H3. The Hall–Kier alpha value is -1.06. The van der Waals surface area contributed by atoms with Crippen molar-refractivity contribution >= 4 is 0 Å². The fourth-order valence-electron chi connectivity index (χ4n) is 3.04. The molecule has 0 bridgehead atoms. The van der Waals surface area contributed by atoms with E-state index in [9.17, 15) is 5.11 Å². The fourth-order valence-corrected chi connectivity index (χ4v) is 3.04. The minimum Gasteiger partial charge on any atom is -0.491 e. The Bertz CT molecular complexity index is 432. The third-order valence-corrected chi connectivity index (χ3v) is 4.58. The zero-order valence-corrected chi connectivity index (χ0v) is 12.8. The van der Waals surface area contributed by atoms with Crippen molar-refractivity contribution in [2.45, 2.75) is 38.7 Å². The lowest BCUT2D eigenvalue weighted by molar-refractivity contribution is -0.0357. The number of hydrogen-bond donors (Lipinski definition) is 1. The maximum Gasteiger partial charge on any atom is 0.125 e. The van der Waals surface area contributed by atoms with E-state index < -0.39 is 5.60 Å². The van der Waals surface area contributed by atoms with E-state index >= 15 is 0 Å². The molecule has 0 saturated heterocycles. The summed E-state index contributed by atoms with van der Waals surface area (Å²) in [6.07, 6.45) is 2.67. The molecule has 2 rings (SSSR count). The predicted octanol–water partition coefficient (Wildman–Crippen LogP) is 3.36. The van der Waals surface area contributed by atoms with Crippen LogP contribution in [-0.4, -0.2) is 25.4 Å². The number of rotatable bonds is 5. The van der Waals surface area contributed by atoms with Crippen molar-refractivity contribution in [1.82, 2.24) is 0 Å². The molecule has 3 atom stereocenters. The molecule has 1 aliphatic rings. The molecule has 1 aromatic carbocycles. The third-order valence-electron chi connectivity index (χ3n) is 4.58. The average Bonchev–Trinajstić information content (AvgIpc) is 2.44. The van der Waals surface area contributed by atoms with Crippen molar-refractivity contribution in [3.63, 3.8) is 0 Å². The van der Waals surface area contributed by atoms with E-state index in [-0.39, 0.29) is 0 Å². The van der Waals surface area contributed by atoms with Crippen molar-refractivity contribution in [2.75, 3.05) is 20.3 Å². The maximum absolute atomic E-state index is 11.1. The smallest absolute Gasteiger partial charge is 0.125 e. The van der Waals surface area contributed by atoms with E-state index in [1.165, 1.54) is 0 Å². The normalized spacial score (nSPS) is 30.2. The summed E-state index contributed by atoms with van der Waals surface area (Å²) in [7, 11) is 1.66. The highest BCUT2D eigenvalue weighted by Crippen LogP contribution is 2.45. The summed E-state index contributed by atoms with van der Waals surface area (Å²) >= 11 is 0. The number of ether oxygens (including phenoxy) is 2. The van der Waals surface area contributed by atoms with Gasteiger partial charge in [-0.3, -0.25) is 0 Å². The molecule has 1 N–H and O–H groups in total. The second-order valence-corrected chi connectivity index (χ2v) is 6.07. The molecule has 20 heavy (non-hydrogen) atoms. The minimum absolute atomic E-state index is 0.509. The average molecular weight is 278 g/mol. The minimum atomic E-state index is -0.754. The van der Waals surface area contributed by atoms with Gasteiger partial charge in [0, 0.05) is 12.7 Å². The summed E-state index contributed by atoms with van der Waals surface area (Å²) in [5.74, 6) is 1.99. The summed E-state index contributed by atoms with van der Waals surface area (Å²) in [6, 6.07) is 7.85. The molecular formula is C17H26O3. The first kappa shape index (κ1) is 15.3. The van der Waals surface area contributed by atoms with Gasteiger partial charge in [-0.2, -0.15) is 0 Å². The second kappa shape index (κ2) is 6.59. The third kappa shape index (κ3) is 3.33. The van der Waals surface area contributed by atoms with Crippen molar-refractivity contribution in [2.24, 2.45) is 11.8 Å². The Labute approximate surface area is 121 Å². The number of para-hydroxylation sites is 1. The van der Waals surface area contributed by atoms with Crippen LogP contribution in [0.1, 0.15) is 38.7 Å². The van der Waals surface area contributed by atoms with Crippen LogP contribution < -0.4 is 4.74 Å². The number of benzene rings is 1. The molecule has 0 aliphatic heterocycles. The molecule has 112 valence electrons. The van der Waals surface area contributed by atoms with Crippen LogP contribution in [0.3, 0.4) is 0 Å². The largest absolute Gasteiger partial charge is 0.491 e. The van der Waals surface area contributed by atoms with Crippen LogP contribution in [0.5, 0.6) is 5.75 Å². The monoisotopic (exact) mass is 278 g/mol. The molecule has 0 amide bonds. The highest BCUT2D eigenvalue weighted by Gasteiger charge is 2.39. The van der Waals surface area contributed by atoms with E-state index in [4.69, 9.17) is 9.47 Å². The van der Waals surface area contributed by atoms with Crippen LogP contribution in [0, 0.1) is 11.8 Å². The lowest BCUT2D eigenvalue weighted by Gasteiger charge is -2.40. The number of hydrogen-bond acceptors (Lipinski definition) is 3. The van der Waals surface area contributed by atoms with Gasteiger partial charge in [-0.15, -0.1) is 0 Å². The summed E-state index contributed by atoms with van der Waals surface area (Å²) < 4.78 is 10.8. The number of aliphatic hydroxyl groups is 1. The zero-order valence-electron chi connectivity index (χ0n) is 12.8. The fraction of sp³-hybridized carbons (Fsp3) is 0.647. The first-order chi connectivity index (χ1) is 9.57. The molecule has 1 saturated carbocycles. The Kier molecular flexibility index (Phi) is 5.06. The SMILES string of the molecule is COCCOc1ccccc1C1(O)CCC(C)C(C)C1. The van der Waals surface area contributed by atoms with Crippen LogP contribution in [0.4, 0.5) is 0 Å². The molecule has 3 nitrogen and oxygen atoms in total. The van der Waals surface area contributed by atoms with Gasteiger partial charge in [-0.05, 0) is 37.2 Å². The first-order valence-electron chi connectivity index (χ1n) is 7.50. The topological polar surface area (TPSA) is 38.7 Å². The Balaban J connectivity index is 2.18. The maximum atomic E-state index is 11.1. The molecule has 0 spiro atoms. The van der Waals surface area contributed by atoms with Crippen molar-refractivity contribution < 1.29 is 14.6 Å². The van der Waals surface area contributed by atoms with E-state index in [0.717, 1.165) is 30.6 Å². The van der Waals surface area contributed by atoms with Crippen molar-refractivity contribution in [3.8, 4) is 5.75 Å². The second-order valence-electron chi connectivity index (χ2n) is 6.07. The van der Waals surface area contributed by atoms with Crippen LogP contribution in [0.15, 0.2) is 24.3 Å². The van der Waals surface area contributed by atoms with Crippen LogP contribution in [-0.2, 0) is 10.3 Å². The van der Waals surface area contributed by atoms with E-state index in [1.807, 2.05) is 24.3 Å². The molecule has 0 heterocycles. The van der Waals surface area contributed by atoms with Crippen LogP contribution >= 0.6 is 0 Å². The first-order valence-corrected chi connectivity index (χ1v) is 7.50. The molecule has 1 aliphatic carbocycles. The van der Waals surface area contributed by atoms with Gasteiger partial charge in [0.25, 0.3) is 0 Å². The number of methoxy groups -OCH3 is 1. The van der Waals surface area contributed by atoms with Gasteiger partial charge in [0.2, 0.25) is 0 Å². The van der Waals surface area contributed by atoms with E-state index in [2.05, 4.69) is 13.8 Å². The Morgan fingerprint density at radius 3 is 2.65 bits per heavy atom. The van der Waals surface area contributed by atoms with E-state index in [0.29, 0.717) is 25.0 Å². The highest BCUT2D eigenvalue weighted by molar-refractivity contribution is 5.38.